The van der Waals surface area contributed by atoms with Crippen molar-refractivity contribution in [3.05, 3.63) is 70.8 Å². The number of ether oxygens (including phenoxy) is 1. The summed E-state index contributed by atoms with van der Waals surface area (Å²) >= 11 is 0. The van der Waals surface area contributed by atoms with Gasteiger partial charge in [-0.1, -0.05) is 24.3 Å². The summed E-state index contributed by atoms with van der Waals surface area (Å²) in [7, 11) is 1.28. The maximum Gasteiger partial charge on any atom is 0.391 e. The van der Waals surface area contributed by atoms with Gasteiger partial charge in [-0.3, -0.25) is 0 Å². The molecule has 1 aliphatic rings. The second kappa shape index (κ2) is 7.89. The van der Waals surface area contributed by atoms with Gasteiger partial charge in [-0.2, -0.15) is 13.2 Å². The highest BCUT2D eigenvalue weighted by Gasteiger charge is 2.47. The van der Waals surface area contributed by atoms with Crippen molar-refractivity contribution < 1.29 is 32.6 Å². The van der Waals surface area contributed by atoms with Gasteiger partial charge in [0.1, 0.15) is 0 Å². The van der Waals surface area contributed by atoms with Gasteiger partial charge in [0.25, 0.3) is 0 Å². The molecule has 0 spiro atoms. The largest absolute Gasteiger partial charge is 0.478 e. The van der Waals surface area contributed by atoms with Gasteiger partial charge >= 0.3 is 18.1 Å². The van der Waals surface area contributed by atoms with Gasteiger partial charge in [0, 0.05) is 5.41 Å². The zero-order valence-electron chi connectivity index (χ0n) is 15.8. The van der Waals surface area contributed by atoms with Gasteiger partial charge in [0.15, 0.2) is 0 Å². The van der Waals surface area contributed by atoms with Crippen LogP contribution in [-0.4, -0.2) is 30.3 Å². The van der Waals surface area contributed by atoms with Crippen molar-refractivity contribution in [2.75, 3.05) is 7.11 Å². The average molecular weight is 406 g/mol. The molecular weight excluding hydrogens is 385 g/mol. The number of carboxylic acid groups (broad SMARTS) is 1. The first-order valence-electron chi connectivity index (χ1n) is 9.27. The number of rotatable bonds is 4. The normalized spacial score (nSPS) is 22.1. The molecule has 1 N–H and O–H groups in total. The van der Waals surface area contributed by atoms with E-state index in [1.165, 1.54) is 19.2 Å². The molecule has 7 heteroatoms. The monoisotopic (exact) mass is 406 g/mol. The summed E-state index contributed by atoms with van der Waals surface area (Å²) in [6.45, 7) is 0. The van der Waals surface area contributed by atoms with Gasteiger partial charge in [-0.15, -0.1) is 0 Å². The number of carbonyl (C=O) groups is 2. The van der Waals surface area contributed by atoms with E-state index in [1.54, 1.807) is 36.4 Å². The Morgan fingerprint density at radius 3 is 1.76 bits per heavy atom. The molecule has 1 fully saturated rings. The molecule has 1 aliphatic carbocycles. The van der Waals surface area contributed by atoms with E-state index in [1.807, 2.05) is 0 Å². The molecule has 29 heavy (non-hydrogen) atoms. The van der Waals surface area contributed by atoms with Crippen LogP contribution in [0.4, 0.5) is 13.2 Å². The predicted octanol–water partition coefficient (Wildman–Crippen LogP) is 5.21. The van der Waals surface area contributed by atoms with Crippen molar-refractivity contribution in [1.29, 1.82) is 0 Å². The molecule has 0 bridgehead atoms. The molecule has 0 heterocycles. The molecule has 0 amide bonds. The molecule has 0 aliphatic heterocycles. The summed E-state index contributed by atoms with van der Waals surface area (Å²) in [6, 6.07) is 13.0. The summed E-state index contributed by atoms with van der Waals surface area (Å²) in [5.74, 6) is -2.89. The molecule has 0 aromatic heterocycles. The molecule has 2 aromatic rings. The lowest BCUT2D eigenvalue weighted by Gasteiger charge is -2.42. The van der Waals surface area contributed by atoms with Crippen molar-refractivity contribution in [3.63, 3.8) is 0 Å². The van der Waals surface area contributed by atoms with Crippen molar-refractivity contribution in [3.8, 4) is 0 Å². The van der Waals surface area contributed by atoms with Crippen molar-refractivity contribution in [2.24, 2.45) is 5.92 Å². The van der Waals surface area contributed by atoms with E-state index in [4.69, 9.17) is 9.84 Å². The molecule has 0 saturated heterocycles. The number of carboxylic acids is 1. The van der Waals surface area contributed by atoms with Crippen LogP contribution in [0.2, 0.25) is 0 Å². The SMILES string of the molecule is COC(=O)c1ccc(C2(c3ccc(C(=O)O)cc3)CCC(C(F)(F)F)CC2)cc1. The van der Waals surface area contributed by atoms with E-state index in [-0.39, 0.29) is 31.2 Å². The average Bonchev–Trinajstić information content (AvgIpc) is 2.72. The third-order valence-electron chi connectivity index (χ3n) is 5.85. The lowest BCUT2D eigenvalue weighted by molar-refractivity contribution is -0.184. The van der Waals surface area contributed by atoms with Crippen LogP contribution in [0.25, 0.3) is 0 Å². The molecule has 0 radical (unpaired) electrons. The second-order valence-corrected chi connectivity index (χ2v) is 7.35. The minimum absolute atomic E-state index is 0.0110. The highest BCUT2D eigenvalue weighted by Crippen LogP contribution is 2.50. The van der Waals surface area contributed by atoms with Crippen LogP contribution in [-0.2, 0) is 10.2 Å². The summed E-state index contributed by atoms with van der Waals surface area (Å²) < 4.78 is 44.3. The molecule has 3 rings (SSSR count). The van der Waals surface area contributed by atoms with Crippen LogP contribution in [0.15, 0.2) is 48.5 Å². The quantitative estimate of drug-likeness (QED) is 0.708. The number of esters is 1. The van der Waals surface area contributed by atoms with Gasteiger partial charge in [0.2, 0.25) is 0 Å². The molecular formula is C22H21F3O4. The Morgan fingerprint density at radius 2 is 1.38 bits per heavy atom. The molecule has 0 unspecified atom stereocenters. The first-order chi connectivity index (χ1) is 13.7. The summed E-state index contributed by atoms with van der Waals surface area (Å²) in [5, 5.41) is 9.13. The predicted molar refractivity (Wildman–Crippen MR) is 100.0 cm³/mol. The van der Waals surface area contributed by atoms with Crippen molar-refractivity contribution >= 4 is 11.9 Å². The number of alkyl halides is 3. The smallest absolute Gasteiger partial charge is 0.391 e. The summed E-state index contributed by atoms with van der Waals surface area (Å²) in [4.78, 5) is 22.9. The molecule has 4 nitrogen and oxygen atoms in total. The number of hydrogen-bond acceptors (Lipinski definition) is 3. The summed E-state index contributed by atoms with van der Waals surface area (Å²) in [5.41, 5.74) is 1.38. The number of halogens is 3. The first kappa shape index (κ1) is 20.9. The summed E-state index contributed by atoms with van der Waals surface area (Å²) in [6.07, 6.45) is -3.69. The van der Waals surface area contributed by atoms with Crippen LogP contribution in [0.5, 0.6) is 0 Å². The number of carbonyl (C=O) groups excluding carboxylic acids is 1. The van der Waals surface area contributed by atoms with Crippen LogP contribution >= 0.6 is 0 Å². The Labute approximate surface area is 166 Å². The fourth-order valence-corrected chi connectivity index (χ4v) is 4.16. The lowest BCUT2D eigenvalue weighted by Crippen LogP contribution is -2.37. The Bertz CT molecular complexity index is 878. The van der Waals surface area contributed by atoms with Crippen LogP contribution in [0.1, 0.15) is 57.5 Å². The number of benzene rings is 2. The minimum atomic E-state index is -4.23. The Morgan fingerprint density at radius 1 is 0.931 bits per heavy atom. The zero-order valence-corrected chi connectivity index (χ0v) is 15.8. The minimum Gasteiger partial charge on any atom is -0.478 e. The zero-order chi connectivity index (χ0) is 21.2. The molecule has 154 valence electrons. The van der Waals surface area contributed by atoms with Crippen LogP contribution in [0.3, 0.4) is 0 Å². The van der Waals surface area contributed by atoms with Gasteiger partial charge in [-0.25, -0.2) is 9.59 Å². The number of methoxy groups -OCH3 is 1. The van der Waals surface area contributed by atoms with E-state index in [0.29, 0.717) is 5.56 Å². The first-order valence-corrected chi connectivity index (χ1v) is 9.27. The van der Waals surface area contributed by atoms with Gasteiger partial charge < -0.3 is 9.84 Å². The van der Waals surface area contributed by atoms with Gasteiger partial charge in [0.05, 0.1) is 24.2 Å². The highest BCUT2D eigenvalue weighted by molar-refractivity contribution is 5.89. The fourth-order valence-electron chi connectivity index (χ4n) is 4.16. The third kappa shape index (κ3) is 4.13. The van der Waals surface area contributed by atoms with E-state index in [0.717, 1.165) is 11.1 Å². The fraction of sp³-hybridized carbons (Fsp3) is 0.364. The molecule has 1 saturated carbocycles. The number of hydrogen-bond donors (Lipinski definition) is 1. The maximum absolute atomic E-state index is 13.2. The highest BCUT2D eigenvalue weighted by atomic mass is 19.4. The van der Waals surface area contributed by atoms with E-state index in [2.05, 4.69) is 0 Å². The Kier molecular flexibility index (Phi) is 5.68. The van der Waals surface area contributed by atoms with E-state index >= 15 is 0 Å². The van der Waals surface area contributed by atoms with Gasteiger partial charge in [-0.05, 0) is 61.1 Å². The second-order valence-electron chi connectivity index (χ2n) is 7.35. The van der Waals surface area contributed by atoms with Crippen molar-refractivity contribution in [2.45, 2.75) is 37.3 Å². The topological polar surface area (TPSA) is 63.6 Å². The maximum atomic E-state index is 13.2. The standard InChI is InChI=1S/C22H21F3O4/c1-29-20(28)15-4-8-17(9-5-15)21(12-10-18(11-13-21)22(23,24)25)16-6-2-14(3-7-16)19(26)27/h2-9,18H,10-13H2,1H3,(H,26,27). The van der Waals surface area contributed by atoms with Crippen molar-refractivity contribution in [1.82, 2.24) is 0 Å². The molecule has 0 atom stereocenters. The Balaban J connectivity index is 2.00. The lowest BCUT2D eigenvalue weighted by atomic mass is 9.63. The van der Waals surface area contributed by atoms with E-state index < -0.39 is 29.4 Å². The Hall–Kier alpha value is -2.83. The van der Waals surface area contributed by atoms with Crippen LogP contribution in [0, 0.1) is 5.92 Å². The van der Waals surface area contributed by atoms with E-state index in [9.17, 15) is 22.8 Å². The molecule has 2 aromatic carbocycles. The van der Waals surface area contributed by atoms with Crippen LogP contribution < -0.4 is 0 Å². The number of aromatic carboxylic acids is 1. The third-order valence-corrected chi connectivity index (χ3v) is 5.85.